The van der Waals surface area contributed by atoms with Crippen molar-refractivity contribution in [3.8, 4) is 6.07 Å². The molecule has 0 aliphatic heterocycles. The minimum absolute atomic E-state index is 0.175. The molecule has 0 aromatic heterocycles. The van der Waals surface area contributed by atoms with Gasteiger partial charge in [-0.1, -0.05) is 11.6 Å². The fourth-order valence-electron chi connectivity index (χ4n) is 1.01. The zero-order valence-corrected chi connectivity index (χ0v) is 9.11. The number of Topliss-reactive ketones (excluding diaryl/α,β-unsaturated/α-hetero) is 1. The molecule has 0 heterocycles. The van der Waals surface area contributed by atoms with Gasteiger partial charge in [-0.2, -0.15) is 5.26 Å². The second kappa shape index (κ2) is 3.91. The highest BCUT2D eigenvalue weighted by molar-refractivity contribution is 9.10. The van der Waals surface area contributed by atoms with Crippen LogP contribution in [-0.4, -0.2) is 5.78 Å². The second-order valence-corrected chi connectivity index (χ2v) is 3.71. The molecule has 0 unspecified atom stereocenters. The number of halogens is 2. The van der Waals surface area contributed by atoms with Crippen molar-refractivity contribution in [2.24, 2.45) is 0 Å². The van der Waals surface area contributed by atoms with E-state index in [4.69, 9.17) is 16.9 Å². The first kappa shape index (κ1) is 10.2. The number of nitriles is 1. The van der Waals surface area contributed by atoms with Crippen molar-refractivity contribution in [3.05, 3.63) is 32.8 Å². The first-order valence-corrected chi connectivity index (χ1v) is 4.64. The molecule has 0 saturated heterocycles. The Morgan fingerprint density at radius 3 is 2.62 bits per heavy atom. The Morgan fingerprint density at radius 1 is 1.62 bits per heavy atom. The molecule has 0 bridgehead atoms. The lowest BCUT2D eigenvalue weighted by molar-refractivity contribution is 0.101. The highest BCUT2D eigenvalue weighted by Gasteiger charge is 2.14. The Kier molecular flexibility index (Phi) is 3.07. The summed E-state index contributed by atoms with van der Waals surface area (Å²) in [4.78, 5) is 11.2. The number of ketones is 1. The molecule has 4 heteroatoms. The van der Waals surface area contributed by atoms with Gasteiger partial charge in [-0.3, -0.25) is 4.79 Å². The molecular formula is C9H5BrClNO. The van der Waals surface area contributed by atoms with Gasteiger partial charge in [0.25, 0.3) is 0 Å². The molecule has 66 valence electrons. The van der Waals surface area contributed by atoms with E-state index in [1.807, 2.05) is 6.07 Å². The zero-order chi connectivity index (χ0) is 10.0. The highest BCUT2D eigenvalue weighted by Crippen LogP contribution is 2.26. The molecule has 1 aromatic carbocycles. The van der Waals surface area contributed by atoms with E-state index in [0.29, 0.717) is 15.1 Å². The van der Waals surface area contributed by atoms with Crippen LogP contribution in [0.3, 0.4) is 0 Å². The van der Waals surface area contributed by atoms with Crippen LogP contribution in [0.1, 0.15) is 22.8 Å². The summed E-state index contributed by atoms with van der Waals surface area (Å²) in [7, 11) is 0. The van der Waals surface area contributed by atoms with Gasteiger partial charge in [-0.25, -0.2) is 0 Å². The summed E-state index contributed by atoms with van der Waals surface area (Å²) in [6.07, 6.45) is 0. The lowest BCUT2D eigenvalue weighted by Crippen LogP contribution is -1.98. The number of carbonyl (C=O) groups excluding carboxylic acids is 1. The van der Waals surface area contributed by atoms with Gasteiger partial charge >= 0.3 is 0 Å². The topological polar surface area (TPSA) is 40.9 Å². The van der Waals surface area contributed by atoms with Crippen LogP contribution in [0.4, 0.5) is 0 Å². The Bertz CT molecular complexity index is 409. The Hall–Kier alpha value is -0.850. The summed E-state index contributed by atoms with van der Waals surface area (Å²) in [6.45, 7) is 1.40. The summed E-state index contributed by atoms with van der Waals surface area (Å²) in [5, 5.41) is 9.07. The lowest BCUT2D eigenvalue weighted by atomic mass is 10.1. The van der Waals surface area contributed by atoms with Crippen LogP contribution in [0.2, 0.25) is 5.02 Å². The van der Waals surface area contributed by atoms with Crippen LogP contribution in [0.5, 0.6) is 0 Å². The van der Waals surface area contributed by atoms with Crippen molar-refractivity contribution >= 4 is 33.3 Å². The van der Waals surface area contributed by atoms with E-state index < -0.39 is 0 Å². The maximum absolute atomic E-state index is 11.2. The summed E-state index contributed by atoms with van der Waals surface area (Å²) in [6, 6.07) is 5.14. The molecule has 1 rings (SSSR count). The van der Waals surface area contributed by atoms with Crippen LogP contribution in [0.25, 0.3) is 0 Å². The Labute approximate surface area is 89.3 Å². The van der Waals surface area contributed by atoms with Gasteiger partial charge in [-0.05, 0) is 35.0 Å². The van der Waals surface area contributed by atoms with Crippen LogP contribution in [0.15, 0.2) is 16.6 Å². The molecule has 2 nitrogen and oxygen atoms in total. The van der Waals surface area contributed by atoms with Gasteiger partial charge in [0.1, 0.15) is 6.07 Å². The van der Waals surface area contributed by atoms with Gasteiger partial charge in [0, 0.05) is 4.47 Å². The molecule has 0 N–H and O–H groups in total. The molecule has 1 aromatic rings. The molecule has 0 radical (unpaired) electrons. The quantitative estimate of drug-likeness (QED) is 0.726. The molecular weight excluding hydrogens is 253 g/mol. The first-order valence-electron chi connectivity index (χ1n) is 3.47. The largest absolute Gasteiger partial charge is 0.294 e. The highest BCUT2D eigenvalue weighted by atomic mass is 79.9. The predicted octanol–water partition coefficient (Wildman–Crippen LogP) is 3.18. The third-order valence-electron chi connectivity index (χ3n) is 1.57. The molecule has 0 aliphatic carbocycles. The molecule has 0 amide bonds. The van der Waals surface area contributed by atoms with Crippen molar-refractivity contribution in [2.45, 2.75) is 6.92 Å². The fraction of sp³-hybridized carbons (Fsp3) is 0.111. The second-order valence-electron chi connectivity index (χ2n) is 2.45. The monoisotopic (exact) mass is 257 g/mol. The minimum atomic E-state index is -0.175. The Balaban J connectivity index is 3.55. The molecule has 13 heavy (non-hydrogen) atoms. The summed E-state index contributed by atoms with van der Waals surface area (Å²) in [5.41, 5.74) is 0.568. The number of benzene rings is 1. The summed E-state index contributed by atoms with van der Waals surface area (Å²) >= 11 is 8.94. The maximum atomic E-state index is 11.2. The van der Waals surface area contributed by atoms with Gasteiger partial charge in [0.2, 0.25) is 0 Å². The van der Waals surface area contributed by atoms with Crippen LogP contribution in [-0.2, 0) is 0 Å². The van der Waals surface area contributed by atoms with E-state index in [-0.39, 0.29) is 11.3 Å². The number of hydrogen-bond acceptors (Lipinski definition) is 2. The van der Waals surface area contributed by atoms with Gasteiger partial charge in [-0.15, -0.1) is 0 Å². The van der Waals surface area contributed by atoms with Crippen LogP contribution >= 0.6 is 27.5 Å². The van der Waals surface area contributed by atoms with Crippen molar-refractivity contribution in [2.75, 3.05) is 0 Å². The maximum Gasteiger partial charge on any atom is 0.162 e. The third-order valence-corrected chi connectivity index (χ3v) is 2.54. The Morgan fingerprint density at radius 2 is 2.23 bits per heavy atom. The standard InChI is InChI=1S/C9H5BrClNO/c1-5(13)9-6(4-12)8(11)3-2-7(9)10/h2-3H,1H3. The first-order chi connectivity index (χ1) is 6.07. The van der Waals surface area contributed by atoms with Crippen molar-refractivity contribution in [1.29, 1.82) is 5.26 Å². The molecule has 0 spiro atoms. The van der Waals surface area contributed by atoms with E-state index in [1.54, 1.807) is 12.1 Å². The van der Waals surface area contributed by atoms with Crippen molar-refractivity contribution in [3.63, 3.8) is 0 Å². The SMILES string of the molecule is CC(=O)c1c(Br)ccc(Cl)c1C#N. The average molecular weight is 259 g/mol. The summed E-state index contributed by atoms with van der Waals surface area (Å²) in [5.74, 6) is -0.175. The average Bonchev–Trinajstić information content (AvgIpc) is 2.07. The van der Waals surface area contributed by atoms with E-state index in [9.17, 15) is 4.79 Å². The number of nitrogens with zero attached hydrogens (tertiary/aromatic N) is 1. The van der Waals surface area contributed by atoms with Crippen LogP contribution in [0, 0.1) is 11.3 Å². The van der Waals surface area contributed by atoms with Gasteiger partial charge in [0.15, 0.2) is 5.78 Å². The summed E-state index contributed by atoms with van der Waals surface area (Å²) < 4.78 is 0.598. The van der Waals surface area contributed by atoms with Crippen molar-refractivity contribution in [1.82, 2.24) is 0 Å². The minimum Gasteiger partial charge on any atom is -0.294 e. The lowest BCUT2D eigenvalue weighted by Gasteiger charge is -2.03. The number of carbonyl (C=O) groups is 1. The van der Waals surface area contributed by atoms with E-state index in [2.05, 4.69) is 15.9 Å². The normalized spacial score (nSPS) is 9.38. The number of hydrogen-bond donors (Lipinski definition) is 0. The van der Waals surface area contributed by atoms with Gasteiger partial charge < -0.3 is 0 Å². The number of rotatable bonds is 1. The van der Waals surface area contributed by atoms with Crippen molar-refractivity contribution < 1.29 is 4.79 Å². The predicted molar refractivity (Wildman–Crippen MR) is 53.9 cm³/mol. The van der Waals surface area contributed by atoms with E-state index in [0.717, 1.165) is 0 Å². The van der Waals surface area contributed by atoms with E-state index in [1.165, 1.54) is 6.92 Å². The van der Waals surface area contributed by atoms with E-state index >= 15 is 0 Å². The van der Waals surface area contributed by atoms with Gasteiger partial charge in [0.05, 0.1) is 16.1 Å². The molecule has 0 saturated carbocycles. The fourth-order valence-corrected chi connectivity index (χ4v) is 1.81. The smallest absolute Gasteiger partial charge is 0.162 e. The van der Waals surface area contributed by atoms with Crippen LogP contribution < -0.4 is 0 Å². The zero-order valence-electron chi connectivity index (χ0n) is 6.77. The third kappa shape index (κ3) is 1.90. The molecule has 0 atom stereocenters. The molecule has 0 fully saturated rings. The molecule has 0 aliphatic rings.